The van der Waals surface area contributed by atoms with Crippen LogP contribution in [0.2, 0.25) is 0 Å². The summed E-state index contributed by atoms with van der Waals surface area (Å²) in [6, 6.07) is 6.41. The number of sulfone groups is 1. The molecule has 1 aromatic heterocycles. The van der Waals surface area contributed by atoms with Gasteiger partial charge in [-0.2, -0.15) is 0 Å². The molecule has 0 spiro atoms. The van der Waals surface area contributed by atoms with Gasteiger partial charge in [0.1, 0.15) is 0 Å². The van der Waals surface area contributed by atoms with Gasteiger partial charge in [0.05, 0.1) is 16.2 Å². The zero-order valence-corrected chi connectivity index (χ0v) is 12.7. The Morgan fingerprint density at radius 1 is 1.25 bits per heavy atom. The van der Waals surface area contributed by atoms with Gasteiger partial charge in [-0.3, -0.25) is 0 Å². The van der Waals surface area contributed by atoms with Crippen LogP contribution in [0.25, 0.3) is 0 Å². The topological polar surface area (TPSA) is 71.4 Å². The second-order valence-electron chi connectivity index (χ2n) is 4.58. The molecule has 0 saturated heterocycles. The molecule has 2 rings (SSSR count). The van der Waals surface area contributed by atoms with E-state index in [1.54, 1.807) is 32.0 Å². The minimum atomic E-state index is -3.54. The molecule has 0 saturated carbocycles. The van der Waals surface area contributed by atoms with Gasteiger partial charge in [-0.1, -0.05) is 12.1 Å². The van der Waals surface area contributed by atoms with Gasteiger partial charge in [-0.25, -0.2) is 13.2 Å². The summed E-state index contributed by atoms with van der Waals surface area (Å²) in [7, 11) is -3.54. The van der Waals surface area contributed by atoms with Crippen LogP contribution in [-0.4, -0.2) is 19.5 Å². The van der Waals surface area contributed by atoms with E-state index in [1.165, 1.54) is 17.4 Å². The Morgan fingerprint density at radius 3 is 2.50 bits per heavy atom. The van der Waals surface area contributed by atoms with Crippen molar-refractivity contribution in [2.45, 2.75) is 24.5 Å². The fraction of sp³-hybridized carbons (Fsp3) is 0.214. The fourth-order valence-electron chi connectivity index (χ4n) is 2.06. The molecule has 20 heavy (non-hydrogen) atoms. The lowest BCUT2D eigenvalue weighted by Gasteiger charge is -2.10. The SMILES string of the molecule is Cc1cc(C)c(S(=O)(=O)Cc2cccs2)cc1C(=O)O. The van der Waals surface area contributed by atoms with Crippen LogP contribution in [0.3, 0.4) is 0 Å². The van der Waals surface area contributed by atoms with Gasteiger partial charge in [0.25, 0.3) is 0 Å². The highest BCUT2D eigenvalue weighted by Crippen LogP contribution is 2.25. The van der Waals surface area contributed by atoms with Crippen molar-refractivity contribution in [3.8, 4) is 0 Å². The number of aryl methyl sites for hydroxylation is 2. The summed E-state index contributed by atoms with van der Waals surface area (Å²) in [6.07, 6.45) is 0. The number of thiophene rings is 1. The zero-order chi connectivity index (χ0) is 14.9. The third-order valence-corrected chi connectivity index (χ3v) is 5.86. The van der Waals surface area contributed by atoms with Crippen molar-refractivity contribution in [3.05, 3.63) is 51.2 Å². The second-order valence-corrected chi connectivity index (χ2v) is 7.57. The van der Waals surface area contributed by atoms with Crippen molar-refractivity contribution in [1.82, 2.24) is 0 Å². The van der Waals surface area contributed by atoms with Gasteiger partial charge < -0.3 is 5.11 Å². The minimum Gasteiger partial charge on any atom is -0.478 e. The Kier molecular flexibility index (Phi) is 3.96. The molecule has 0 unspecified atom stereocenters. The lowest BCUT2D eigenvalue weighted by Crippen LogP contribution is -2.09. The first kappa shape index (κ1) is 14.7. The van der Waals surface area contributed by atoms with Crippen molar-refractivity contribution in [1.29, 1.82) is 0 Å². The molecule has 0 amide bonds. The third kappa shape index (κ3) is 2.91. The molecule has 1 heterocycles. The molecule has 0 aliphatic heterocycles. The number of hydrogen-bond acceptors (Lipinski definition) is 4. The maximum atomic E-state index is 12.4. The summed E-state index contributed by atoms with van der Waals surface area (Å²) < 4.78 is 24.8. The molecule has 0 aliphatic rings. The summed E-state index contributed by atoms with van der Waals surface area (Å²) in [6.45, 7) is 3.34. The maximum absolute atomic E-state index is 12.4. The van der Waals surface area contributed by atoms with Crippen LogP contribution in [0, 0.1) is 13.8 Å². The molecule has 0 fully saturated rings. The van der Waals surface area contributed by atoms with Crippen molar-refractivity contribution < 1.29 is 18.3 Å². The molecule has 6 heteroatoms. The first-order chi connectivity index (χ1) is 9.31. The van der Waals surface area contributed by atoms with Crippen molar-refractivity contribution in [2.75, 3.05) is 0 Å². The summed E-state index contributed by atoms with van der Waals surface area (Å²) in [5.41, 5.74) is 1.16. The predicted octanol–water partition coefficient (Wildman–Crippen LogP) is 3.04. The minimum absolute atomic E-state index is 0.0281. The Bertz CT molecular complexity index is 744. The lowest BCUT2D eigenvalue weighted by molar-refractivity contribution is 0.0696. The van der Waals surface area contributed by atoms with E-state index in [-0.39, 0.29) is 16.2 Å². The van der Waals surface area contributed by atoms with Gasteiger partial charge >= 0.3 is 5.97 Å². The summed E-state index contributed by atoms with van der Waals surface area (Å²) in [4.78, 5) is 12.0. The number of carbonyl (C=O) groups is 1. The van der Waals surface area contributed by atoms with E-state index in [9.17, 15) is 13.2 Å². The Hall–Kier alpha value is -1.66. The number of aromatic carboxylic acids is 1. The first-order valence-electron chi connectivity index (χ1n) is 5.91. The molecule has 1 aromatic carbocycles. The highest BCUT2D eigenvalue weighted by molar-refractivity contribution is 7.90. The zero-order valence-electron chi connectivity index (χ0n) is 11.1. The van der Waals surface area contributed by atoms with E-state index < -0.39 is 15.8 Å². The summed E-state index contributed by atoms with van der Waals surface area (Å²) in [5, 5.41) is 10.9. The normalized spacial score (nSPS) is 11.5. The molecule has 0 bridgehead atoms. The number of carboxylic acid groups (broad SMARTS) is 1. The Labute approximate surface area is 121 Å². The third-order valence-electron chi connectivity index (χ3n) is 3.00. The molecule has 106 valence electrons. The molecule has 2 aromatic rings. The van der Waals surface area contributed by atoms with Gasteiger partial charge in [-0.15, -0.1) is 11.3 Å². The molecular formula is C14H14O4S2. The number of rotatable bonds is 4. The van der Waals surface area contributed by atoms with E-state index in [2.05, 4.69) is 0 Å². The second kappa shape index (κ2) is 5.38. The molecule has 0 atom stereocenters. The fourth-order valence-corrected chi connectivity index (χ4v) is 4.76. The average molecular weight is 310 g/mol. The van der Waals surface area contributed by atoms with Crippen LogP contribution in [0.15, 0.2) is 34.5 Å². The van der Waals surface area contributed by atoms with Gasteiger partial charge in [0.2, 0.25) is 0 Å². The van der Waals surface area contributed by atoms with Crippen LogP contribution >= 0.6 is 11.3 Å². The van der Waals surface area contributed by atoms with Crippen LogP contribution in [0.5, 0.6) is 0 Å². The maximum Gasteiger partial charge on any atom is 0.335 e. The average Bonchev–Trinajstić information content (AvgIpc) is 2.79. The first-order valence-corrected chi connectivity index (χ1v) is 8.44. The molecule has 4 nitrogen and oxygen atoms in total. The predicted molar refractivity (Wildman–Crippen MR) is 78.1 cm³/mol. The Balaban J connectivity index is 2.51. The molecule has 0 radical (unpaired) electrons. The molecule has 1 N–H and O–H groups in total. The largest absolute Gasteiger partial charge is 0.478 e. The van der Waals surface area contributed by atoms with Crippen LogP contribution in [0.4, 0.5) is 0 Å². The van der Waals surface area contributed by atoms with E-state index in [0.29, 0.717) is 11.1 Å². The van der Waals surface area contributed by atoms with E-state index >= 15 is 0 Å². The number of carboxylic acids is 1. The highest BCUT2D eigenvalue weighted by Gasteiger charge is 2.21. The van der Waals surface area contributed by atoms with Crippen molar-refractivity contribution in [2.24, 2.45) is 0 Å². The lowest BCUT2D eigenvalue weighted by atomic mass is 10.1. The van der Waals surface area contributed by atoms with Crippen molar-refractivity contribution in [3.63, 3.8) is 0 Å². The standard InChI is InChI=1S/C14H14O4S2/c1-9-6-10(2)13(7-12(9)14(15)16)20(17,18)8-11-4-3-5-19-11/h3-7H,8H2,1-2H3,(H,15,16). The van der Waals surface area contributed by atoms with Gasteiger partial charge in [0, 0.05) is 4.88 Å². The summed E-state index contributed by atoms with van der Waals surface area (Å²) >= 11 is 1.37. The Morgan fingerprint density at radius 2 is 1.95 bits per heavy atom. The van der Waals surface area contributed by atoms with Gasteiger partial charge in [0.15, 0.2) is 9.84 Å². The summed E-state index contributed by atoms with van der Waals surface area (Å²) in [5.74, 6) is -1.22. The van der Waals surface area contributed by atoms with E-state index in [0.717, 1.165) is 4.88 Å². The quantitative estimate of drug-likeness (QED) is 0.942. The van der Waals surface area contributed by atoms with E-state index in [4.69, 9.17) is 5.11 Å². The number of hydrogen-bond donors (Lipinski definition) is 1. The van der Waals surface area contributed by atoms with Crippen LogP contribution < -0.4 is 0 Å². The highest BCUT2D eigenvalue weighted by atomic mass is 32.2. The van der Waals surface area contributed by atoms with Crippen LogP contribution in [0.1, 0.15) is 26.4 Å². The van der Waals surface area contributed by atoms with E-state index in [1.807, 2.05) is 5.38 Å². The smallest absolute Gasteiger partial charge is 0.335 e. The van der Waals surface area contributed by atoms with Crippen LogP contribution in [-0.2, 0) is 15.6 Å². The number of benzene rings is 1. The van der Waals surface area contributed by atoms with Crippen molar-refractivity contribution >= 4 is 27.1 Å². The van der Waals surface area contributed by atoms with Gasteiger partial charge in [-0.05, 0) is 42.5 Å². The monoisotopic (exact) mass is 310 g/mol. The molecule has 0 aliphatic carbocycles. The molecular weight excluding hydrogens is 296 g/mol.